The van der Waals surface area contributed by atoms with Crippen LogP contribution in [0.25, 0.3) is 0 Å². The molecule has 0 saturated heterocycles. The molecule has 62 heavy (non-hydrogen) atoms. The lowest BCUT2D eigenvalue weighted by molar-refractivity contribution is -0.132. The van der Waals surface area contributed by atoms with Crippen LogP contribution in [0.5, 0.6) is 11.5 Å². The maximum atomic E-state index is 12.5. The first-order chi connectivity index (χ1) is 30.2. The van der Waals surface area contributed by atoms with Crippen LogP contribution >= 0.6 is 0 Å². The van der Waals surface area contributed by atoms with Gasteiger partial charge in [-0.3, -0.25) is 9.59 Å². The number of ether oxygens (including phenoxy) is 4. The average molecular weight is 861 g/mol. The summed E-state index contributed by atoms with van der Waals surface area (Å²) in [5.74, 6) is 2.94. The van der Waals surface area contributed by atoms with Crippen molar-refractivity contribution in [3.8, 4) is 11.5 Å². The minimum atomic E-state index is -0.385. The molecule has 0 unspecified atom stereocenters. The SMILES string of the molecule is CCCCCCCC[C@@H]1[C@H](CCCCCC)CC[C@@H](CCCCCCCCOC(=O)c2ccc(OC(C)=O)cc2)[C@@H]1CCCCCCCCOC(=O)c1ccc(OC(C)=O)cc1. The Morgan fingerprint density at radius 1 is 0.419 bits per heavy atom. The predicted molar refractivity (Wildman–Crippen MR) is 251 cm³/mol. The fourth-order valence-corrected chi connectivity index (χ4v) is 9.72. The fourth-order valence-electron chi connectivity index (χ4n) is 9.72. The number of esters is 4. The summed E-state index contributed by atoms with van der Waals surface area (Å²) < 4.78 is 21.1. The van der Waals surface area contributed by atoms with Crippen molar-refractivity contribution in [2.75, 3.05) is 13.2 Å². The van der Waals surface area contributed by atoms with Crippen molar-refractivity contribution in [1.29, 1.82) is 0 Å². The molecule has 0 aromatic heterocycles. The van der Waals surface area contributed by atoms with Crippen LogP contribution in [0.1, 0.15) is 228 Å². The zero-order chi connectivity index (χ0) is 44.6. The molecule has 0 spiro atoms. The molecule has 0 heterocycles. The lowest BCUT2D eigenvalue weighted by Crippen LogP contribution is -2.35. The Bertz CT molecular complexity index is 1500. The van der Waals surface area contributed by atoms with Crippen molar-refractivity contribution in [2.24, 2.45) is 23.7 Å². The highest BCUT2D eigenvalue weighted by atomic mass is 16.5. The van der Waals surface area contributed by atoms with Gasteiger partial charge in [-0.05, 0) is 111 Å². The minimum absolute atomic E-state index is 0.333. The molecule has 8 heteroatoms. The molecular formula is C54H84O8. The van der Waals surface area contributed by atoms with E-state index in [1.165, 1.54) is 168 Å². The summed E-state index contributed by atoms with van der Waals surface area (Å²) in [6.07, 6.45) is 36.3. The van der Waals surface area contributed by atoms with Crippen molar-refractivity contribution in [1.82, 2.24) is 0 Å². The second kappa shape index (κ2) is 32.9. The van der Waals surface area contributed by atoms with Gasteiger partial charge in [0.1, 0.15) is 11.5 Å². The van der Waals surface area contributed by atoms with Crippen molar-refractivity contribution in [3.05, 3.63) is 59.7 Å². The van der Waals surface area contributed by atoms with Crippen molar-refractivity contribution >= 4 is 23.9 Å². The van der Waals surface area contributed by atoms with E-state index >= 15 is 0 Å². The Balaban J connectivity index is 1.42. The van der Waals surface area contributed by atoms with Gasteiger partial charge < -0.3 is 18.9 Å². The summed E-state index contributed by atoms with van der Waals surface area (Å²) in [6, 6.07) is 13.0. The smallest absolute Gasteiger partial charge is 0.338 e. The molecule has 4 atom stereocenters. The summed E-state index contributed by atoms with van der Waals surface area (Å²) in [6.45, 7) is 8.21. The van der Waals surface area contributed by atoms with Gasteiger partial charge in [0, 0.05) is 13.8 Å². The van der Waals surface area contributed by atoms with E-state index in [0.29, 0.717) is 35.8 Å². The van der Waals surface area contributed by atoms with Gasteiger partial charge in [-0.25, -0.2) is 9.59 Å². The molecule has 8 nitrogen and oxygen atoms in total. The van der Waals surface area contributed by atoms with Crippen LogP contribution in [-0.4, -0.2) is 37.1 Å². The molecule has 0 radical (unpaired) electrons. The van der Waals surface area contributed by atoms with Gasteiger partial charge in [0.05, 0.1) is 24.3 Å². The molecule has 1 saturated carbocycles. The maximum Gasteiger partial charge on any atom is 0.338 e. The number of unbranched alkanes of at least 4 members (excludes halogenated alkanes) is 18. The van der Waals surface area contributed by atoms with Crippen molar-refractivity contribution < 1.29 is 38.1 Å². The van der Waals surface area contributed by atoms with Crippen LogP contribution in [0.3, 0.4) is 0 Å². The summed E-state index contributed by atoms with van der Waals surface area (Å²) >= 11 is 0. The third-order valence-electron chi connectivity index (χ3n) is 13.1. The molecule has 1 aliphatic rings. The van der Waals surface area contributed by atoms with Crippen LogP contribution < -0.4 is 9.47 Å². The Morgan fingerprint density at radius 3 is 1.08 bits per heavy atom. The van der Waals surface area contributed by atoms with E-state index in [4.69, 9.17) is 18.9 Å². The number of carbonyl (C=O) groups is 4. The lowest BCUT2D eigenvalue weighted by Gasteiger charge is -2.44. The maximum absolute atomic E-state index is 12.5. The molecule has 348 valence electrons. The summed E-state index contributed by atoms with van der Waals surface area (Å²) in [7, 11) is 0. The number of carbonyl (C=O) groups excluding carboxylic acids is 4. The number of rotatable bonds is 34. The Hall–Kier alpha value is -3.68. The second-order valence-corrected chi connectivity index (χ2v) is 18.2. The van der Waals surface area contributed by atoms with Crippen LogP contribution in [0.15, 0.2) is 48.5 Å². The molecule has 2 aromatic carbocycles. The summed E-state index contributed by atoms with van der Waals surface area (Å²) in [4.78, 5) is 47.2. The average Bonchev–Trinajstić information content (AvgIpc) is 3.25. The van der Waals surface area contributed by atoms with Gasteiger partial charge in [-0.2, -0.15) is 0 Å². The van der Waals surface area contributed by atoms with E-state index in [-0.39, 0.29) is 23.9 Å². The summed E-state index contributed by atoms with van der Waals surface area (Å²) in [5.41, 5.74) is 0.938. The first-order valence-corrected chi connectivity index (χ1v) is 25.1. The monoisotopic (exact) mass is 861 g/mol. The largest absolute Gasteiger partial charge is 0.462 e. The van der Waals surface area contributed by atoms with E-state index < -0.39 is 0 Å². The van der Waals surface area contributed by atoms with Crippen LogP contribution in [0.2, 0.25) is 0 Å². The molecule has 0 amide bonds. The highest BCUT2D eigenvalue weighted by molar-refractivity contribution is 5.90. The molecule has 0 N–H and O–H groups in total. The highest BCUT2D eigenvalue weighted by Gasteiger charge is 2.37. The van der Waals surface area contributed by atoms with Gasteiger partial charge in [-0.15, -0.1) is 0 Å². The molecule has 1 aliphatic carbocycles. The van der Waals surface area contributed by atoms with Crippen LogP contribution in [0, 0.1) is 23.7 Å². The Morgan fingerprint density at radius 2 is 0.726 bits per heavy atom. The van der Waals surface area contributed by atoms with E-state index in [1.54, 1.807) is 48.5 Å². The number of benzene rings is 2. The van der Waals surface area contributed by atoms with Gasteiger partial charge in [0.25, 0.3) is 0 Å². The highest BCUT2D eigenvalue weighted by Crippen LogP contribution is 2.48. The Kier molecular flexibility index (Phi) is 28.0. The second-order valence-electron chi connectivity index (χ2n) is 18.2. The van der Waals surface area contributed by atoms with E-state index in [9.17, 15) is 19.2 Å². The zero-order valence-electron chi connectivity index (χ0n) is 39.4. The normalized spacial score (nSPS) is 17.4. The predicted octanol–water partition coefficient (Wildman–Crippen LogP) is 15.0. The fraction of sp³-hybridized carbons (Fsp3) is 0.704. The molecule has 0 aliphatic heterocycles. The van der Waals surface area contributed by atoms with E-state index in [2.05, 4.69) is 13.8 Å². The number of hydrogen-bond donors (Lipinski definition) is 0. The quantitative estimate of drug-likeness (QED) is 0.0389. The molecule has 0 bridgehead atoms. The first-order valence-electron chi connectivity index (χ1n) is 25.1. The number of hydrogen-bond acceptors (Lipinski definition) is 8. The molecular weight excluding hydrogens is 777 g/mol. The summed E-state index contributed by atoms with van der Waals surface area (Å²) in [5, 5.41) is 0. The van der Waals surface area contributed by atoms with Crippen LogP contribution in [-0.2, 0) is 19.1 Å². The first kappa shape index (κ1) is 52.7. The molecule has 2 aromatic rings. The van der Waals surface area contributed by atoms with Crippen molar-refractivity contribution in [3.63, 3.8) is 0 Å². The van der Waals surface area contributed by atoms with Gasteiger partial charge in [-0.1, -0.05) is 155 Å². The van der Waals surface area contributed by atoms with Crippen molar-refractivity contribution in [2.45, 2.75) is 207 Å². The van der Waals surface area contributed by atoms with E-state index in [1.807, 2.05) is 0 Å². The van der Waals surface area contributed by atoms with Gasteiger partial charge in [0.2, 0.25) is 0 Å². The van der Waals surface area contributed by atoms with Gasteiger partial charge in [0.15, 0.2) is 0 Å². The topological polar surface area (TPSA) is 105 Å². The van der Waals surface area contributed by atoms with Gasteiger partial charge >= 0.3 is 23.9 Å². The van der Waals surface area contributed by atoms with E-state index in [0.717, 1.165) is 49.4 Å². The third-order valence-corrected chi connectivity index (χ3v) is 13.1. The third kappa shape index (κ3) is 22.6. The van der Waals surface area contributed by atoms with Crippen LogP contribution in [0.4, 0.5) is 0 Å². The Labute approximate surface area is 376 Å². The lowest BCUT2D eigenvalue weighted by atomic mass is 9.61. The zero-order valence-corrected chi connectivity index (χ0v) is 39.4. The molecule has 3 rings (SSSR count). The molecule has 1 fully saturated rings. The standard InChI is InChI=1S/C54H84O8/c1-5-7-9-11-17-23-29-51-45(27-21-10-8-6-2)31-32-46(28-22-16-12-14-19-25-41-59-53(57)47-33-37-49(38-34-47)61-43(3)55)52(51)30-24-18-13-15-20-26-42-60-54(58)48-35-39-50(40-36-48)62-44(4)56/h33-40,45-46,51-52H,5-32,41-42H2,1-4H3/t45-,46-,51-,52+/m1/s1. The minimum Gasteiger partial charge on any atom is -0.462 e.